The van der Waals surface area contributed by atoms with Crippen molar-refractivity contribution in [3.63, 3.8) is 0 Å². The molecule has 0 unspecified atom stereocenters. The first-order valence-corrected chi connectivity index (χ1v) is 14.2. The molecule has 2 atom stereocenters. The molecular formula is C30H27F9N4O5. The summed E-state index contributed by atoms with van der Waals surface area (Å²) in [6.07, 6.45) is -15.3. The quantitative estimate of drug-likeness (QED) is 0.218. The van der Waals surface area contributed by atoms with Gasteiger partial charge in [0.05, 0.1) is 46.9 Å². The van der Waals surface area contributed by atoms with E-state index in [1.54, 1.807) is 13.8 Å². The second-order valence-corrected chi connectivity index (χ2v) is 10.6. The Kier molecular flexibility index (Phi) is 10.3. The van der Waals surface area contributed by atoms with Gasteiger partial charge in [0.15, 0.2) is 12.4 Å². The van der Waals surface area contributed by atoms with Gasteiger partial charge in [0, 0.05) is 12.5 Å². The predicted octanol–water partition coefficient (Wildman–Crippen LogP) is 7.89. The molecule has 0 saturated heterocycles. The van der Waals surface area contributed by atoms with E-state index in [1.807, 2.05) is 0 Å². The predicted molar refractivity (Wildman–Crippen MR) is 150 cm³/mol. The molecule has 260 valence electrons. The molecule has 0 saturated carbocycles. The maximum atomic E-state index is 13.7. The highest BCUT2D eigenvalue weighted by Crippen LogP contribution is 2.43. The first kappa shape index (κ1) is 36.1. The molecule has 1 aromatic heterocycles. The average Bonchev–Trinajstić information content (AvgIpc) is 2.98. The molecular weight excluding hydrogens is 667 g/mol. The molecule has 2 aromatic carbocycles. The lowest BCUT2D eigenvalue weighted by Gasteiger charge is -2.40. The van der Waals surface area contributed by atoms with Crippen molar-refractivity contribution in [3.05, 3.63) is 76.1 Å². The number of carbonyl (C=O) groups is 2. The third-order valence-corrected chi connectivity index (χ3v) is 7.30. The lowest BCUT2D eigenvalue weighted by Crippen LogP contribution is -2.46. The Bertz CT molecular complexity index is 1630. The number of hydrogen-bond acceptors (Lipinski definition) is 7. The lowest BCUT2D eigenvalue weighted by atomic mass is 9.89. The number of halogens is 9. The van der Waals surface area contributed by atoms with Crippen LogP contribution in [0, 0.1) is 0 Å². The Balaban J connectivity index is 1.79. The number of anilines is 2. The van der Waals surface area contributed by atoms with Gasteiger partial charge in [0.2, 0.25) is 5.95 Å². The number of rotatable bonds is 9. The van der Waals surface area contributed by atoms with Crippen LogP contribution in [-0.2, 0) is 34.5 Å². The molecule has 4 rings (SSSR count). The monoisotopic (exact) mass is 694 g/mol. The van der Waals surface area contributed by atoms with Crippen LogP contribution in [-0.4, -0.2) is 46.4 Å². The topological polar surface area (TPSA) is 114 Å². The fourth-order valence-electron chi connectivity index (χ4n) is 5.19. The van der Waals surface area contributed by atoms with E-state index >= 15 is 0 Å². The maximum Gasteiger partial charge on any atom is 0.416 e. The molecule has 1 aliphatic rings. The minimum absolute atomic E-state index is 0.00614. The summed E-state index contributed by atoms with van der Waals surface area (Å²) < 4.78 is 132. The third-order valence-electron chi connectivity index (χ3n) is 7.30. The summed E-state index contributed by atoms with van der Waals surface area (Å²) in [6, 6.07) is 2.06. The van der Waals surface area contributed by atoms with Crippen LogP contribution in [0.25, 0.3) is 0 Å². The summed E-state index contributed by atoms with van der Waals surface area (Å²) in [6.45, 7) is 2.32. The van der Waals surface area contributed by atoms with Gasteiger partial charge in [-0.3, -0.25) is 4.90 Å². The summed E-state index contributed by atoms with van der Waals surface area (Å²) >= 11 is 0. The van der Waals surface area contributed by atoms with Crippen molar-refractivity contribution in [3.8, 4) is 5.75 Å². The van der Waals surface area contributed by atoms with Gasteiger partial charge in [-0.2, -0.15) is 39.5 Å². The van der Waals surface area contributed by atoms with Crippen molar-refractivity contribution in [2.24, 2.45) is 0 Å². The van der Waals surface area contributed by atoms with Crippen LogP contribution < -0.4 is 15.0 Å². The summed E-state index contributed by atoms with van der Waals surface area (Å²) in [5, 5.41) is 11.9. The van der Waals surface area contributed by atoms with Gasteiger partial charge in [0.1, 0.15) is 0 Å². The molecule has 9 nitrogen and oxygen atoms in total. The molecule has 48 heavy (non-hydrogen) atoms. The molecule has 0 fully saturated rings. The molecule has 2 N–H and O–H groups in total. The van der Waals surface area contributed by atoms with Gasteiger partial charge in [-0.15, -0.1) is 0 Å². The standard InChI is InChI=1S/C30H27F9N4O5/c1-3-19-12-21(20-11-16(28(31,32)33)5-6-23(20)43(19)27(46)47-4-2)41-26-40-13-24(48-14-25(44)45)22(42-26)9-15-7-17(29(34,35)36)10-18(8-15)30(37,38)39/h5-8,10-11,13,19,21H,3-4,9,12,14H2,1-2H3,(H,44,45)(H,40,41,42)/t19-,21+/m1/s1. The van der Waals surface area contributed by atoms with Crippen LogP contribution in [0.4, 0.5) is 55.9 Å². The van der Waals surface area contributed by atoms with Crippen LogP contribution in [0.15, 0.2) is 42.6 Å². The number of carboxylic acids is 1. The number of alkyl halides is 9. The van der Waals surface area contributed by atoms with Gasteiger partial charge in [-0.1, -0.05) is 6.92 Å². The number of benzene rings is 2. The van der Waals surface area contributed by atoms with Crippen LogP contribution in [0.2, 0.25) is 0 Å². The Morgan fingerprint density at radius 3 is 2.10 bits per heavy atom. The second kappa shape index (κ2) is 13.8. The first-order chi connectivity index (χ1) is 22.3. The summed E-state index contributed by atoms with van der Waals surface area (Å²) in [5.74, 6) is -2.15. The Morgan fingerprint density at radius 1 is 0.938 bits per heavy atom. The minimum atomic E-state index is -5.14. The molecule has 0 bridgehead atoms. The van der Waals surface area contributed by atoms with E-state index in [1.165, 1.54) is 4.90 Å². The largest absolute Gasteiger partial charge is 0.479 e. The first-order valence-electron chi connectivity index (χ1n) is 14.2. The van der Waals surface area contributed by atoms with Gasteiger partial charge < -0.3 is 19.9 Å². The van der Waals surface area contributed by atoms with Crippen molar-refractivity contribution in [1.82, 2.24) is 9.97 Å². The number of fused-ring (bicyclic) bond motifs is 1. The Labute approximate surface area is 266 Å². The van der Waals surface area contributed by atoms with Crippen molar-refractivity contribution >= 4 is 23.7 Å². The molecule has 1 aliphatic heterocycles. The Morgan fingerprint density at radius 2 is 1.56 bits per heavy atom. The summed E-state index contributed by atoms with van der Waals surface area (Å²) in [5.41, 5.74) is -4.94. The molecule has 0 radical (unpaired) electrons. The van der Waals surface area contributed by atoms with Gasteiger partial charge in [-0.25, -0.2) is 19.6 Å². The van der Waals surface area contributed by atoms with E-state index in [2.05, 4.69) is 15.3 Å². The SMILES string of the molecule is CCOC(=O)N1c2ccc(C(F)(F)F)cc2[C@@H](Nc2ncc(OCC(=O)O)c(Cc3cc(C(F)(F)F)cc(C(F)(F)F)c3)n2)C[C@H]1CC. The van der Waals surface area contributed by atoms with Crippen LogP contribution in [0.5, 0.6) is 5.75 Å². The van der Waals surface area contributed by atoms with Gasteiger partial charge in [-0.05, 0) is 67.3 Å². The fraction of sp³-hybridized carbons (Fsp3) is 0.400. The molecule has 18 heteroatoms. The number of carbonyl (C=O) groups excluding carboxylic acids is 1. The van der Waals surface area contributed by atoms with Crippen LogP contribution in [0.1, 0.15) is 66.2 Å². The number of aliphatic carboxylic acids is 1. The number of hydrogen-bond donors (Lipinski definition) is 2. The maximum absolute atomic E-state index is 13.7. The zero-order valence-corrected chi connectivity index (χ0v) is 25.1. The minimum Gasteiger partial charge on any atom is -0.479 e. The number of nitrogens with one attached hydrogen (secondary N) is 1. The van der Waals surface area contributed by atoms with E-state index in [4.69, 9.17) is 14.6 Å². The Hall–Kier alpha value is -4.77. The summed E-state index contributed by atoms with van der Waals surface area (Å²) in [7, 11) is 0. The van der Waals surface area contributed by atoms with Crippen molar-refractivity contribution in [2.75, 3.05) is 23.4 Å². The number of nitrogens with zero attached hydrogens (tertiary/aromatic N) is 3. The number of ether oxygens (including phenoxy) is 2. The van der Waals surface area contributed by atoms with E-state index in [-0.39, 0.29) is 47.7 Å². The van der Waals surface area contributed by atoms with E-state index in [0.29, 0.717) is 18.6 Å². The highest BCUT2D eigenvalue weighted by molar-refractivity contribution is 5.90. The molecule has 2 heterocycles. The molecule has 1 amide bonds. The third kappa shape index (κ3) is 8.38. The molecule has 0 spiro atoms. The smallest absolute Gasteiger partial charge is 0.416 e. The van der Waals surface area contributed by atoms with Gasteiger partial charge >= 0.3 is 30.6 Å². The highest BCUT2D eigenvalue weighted by atomic mass is 19.4. The number of aromatic nitrogens is 2. The zero-order valence-electron chi connectivity index (χ0n) is 25.1. The van der Waals surface area contributed by atoms with Crippen molar-refractivity contribution in [1.29, 1.82) is 0 Å². The molecule has 3 aromatic rings. The molecule has 0 aliphatic carbocycles. The lowest BCUT2D eigenvalue weighted by molar-refractivity contribution is -0.143. The summed E-state index contributed by atoms with van der Waals surface area (Å²) in [4.78, 5) is 33.4. The van der Waals surface area contributed by atoms with E-state index < -0.39 is 78.0 Å². The van der Waals surface area contributed by atoms with E-state index in [0.717, 1.165) is 24.4 Å². The van der Waals surface area contributed by atoms with Crippen LogP contribution in [0.3, 0.4) is 0 Å². The average molecular weight is 695 g/mol. The van der Waals surface area contributed by atoms with E-state index in [9.17, 15) is 49.1 Å². The van der Waals surface area contributed by atoms with Crippen LogP contribution >= 0.6 is 0 Å². The van der Waals surface area contributed by atoms with Crippen molar-refractivity contribution in [2.45, 2.75) is 63.7 Å². The number of amides is 1. The van der Waals surface area contributed by atoms with Gasteiger partial charge in [0.25, 0.3) is 0 Å². The second-order valence-electron chi connectivity index (χ2n) is 10.6. The highest BCUT2D eigenvalue weighted by Gasteiger charge is 2.40. The number of carboxylic acid groups (broad SMARTS) is 1. The zero-order chi connectivity index (χ0) is 35.6. The normalized spacial score (nSPS) is 16.7. The fourth-order valence-corrected chi connectivity index (χ4v) is 5.19. The van der Waals surface area contributed by atoms with Crippen molar-refractivity contribution < 1.29 is 63.7 Å².